The molecule has 10 nitrogen and oxygen atoms in total. The lowest BCUT2D eigenvalue weighted by molar-refractivity contribution is -0.269. The minimum atomic E-state index is -1.32. The molecule has 2 aliphatic heterocycles. The lowest BCUT2D eigenvalue weighted by Crippen LogP contribution is -2.74. The van der Waals surface area contributed by atoms with E-state index in [0.717, 1.165) is 47.1 Å². The van der Waals surface area contributed by atoms with Gasteiger partial charge in [-0.3, -0.25) is 19.2 Å². The fraction of sp³-hybridized carbons (Fsp3) is 0.533. The second-order valence-corrected chi connectivity index (χ2v) is 11.4. The van der Waals surface area contributed by atoms with Gasteiger partial charge in [0.2, 0.25) is 11.8 Å². The van der Waals surface area contributed by atoms with Crippen molar-refractivity contribution in [3.8, 4) is 0 Å². The van der Waals surface area contributed by atoms with Crippen molar-refractivity contribution < 1.29 is 28.8 Å². The highest BCUT2D eigenvalue weighted by atomic mass is 16.7. The van der Waals surface area contributed by atoms with Crippen molar-refractivity contribution in [3.05, 3.63) is 48.0 Å². The van der Waals surface area contributed by atoms with E-state index in [1.165, 1.54) is 11.3 Å². The summed E-state index contributed by atoms with van der Waals surface area (Å²) in [6, 6.07) is 12.8. The maximum Gasteiger partial charge on any atom is 0.436 e. The Labute approximate surface area is 234 Å². The Morgan fingerprint density at radius 1 is 1.02 bits per heavy atom. The van der Waals surface area contributed by atoms with Crippen molar-refractivity contribution in [2.45, 2.75) is 77.3 Å². The average Bonchev–Trinajstić information content (AvgIpc) is 2.94. The summed E-state index contributed by atoms with van der Waals surface area (Å²) in [7, 11) is 0. The molecule has 2 N–H and O–H groups in total. The standard InChI is InChI=1S/C30H38N4O6/c1-19(2)27-29(37)32(16-20-9-4-3-5-10-20)17-26-33(27)28(36)24(15-25(31)35)40-34(26)30(38)39-18-22-13-8-12-21-11-6-7-14-23(21)22/h6-8,11-14,19-20,24,26-27H,3-5,9-10,15-18H2,1-2H3,(H2,31,35)/t24-,26?,27+/m1/s1. The van der Waals surface area contributed by atoms with Crippen molar-refractivity contribution in [3.63, 3.8) is 0 Å². The van der Waals surface area contributed by atoms with Crippen molar-refractivity contribution in [2.75, 3.05) is 13.1 Å². The molecule has 2 aromatic rings. The van der Waals surface area contributed by atoms with Crippen molar-refractivity contribution in [1.29, 1.82) is 0 Å². The zero-order valence-electron chi connectivity index (χ0n) is 23.2. The number of hydrogen-bond acceptors (Lipinski definition) is 6. The highest BCUT2D eigenvalue weighted by molar-refractivity contribution is 5.94. The smallest absolute Gasteiger partial charge is 0.436 e. The van der Waals surface area contributed by atoms with E-state index in [0.29, 0.717) is 12.5 Å². The number of hydrogen-bond donors (Lipinski definition) is 1. The van der Waals surface area contributed by atoms with Gasteiger partial charge in [-0.1, -0.05) is 75.6 Å². The van der Waals surface area contributed by atoms with Crippen LogP contribution in [0.2, 0.25) is 0 Å². The quantitative estimate of drug-likeness (QED) is 0.562. The molecule has 3 fully saturated rings. The van der Waals surface area contributed by atoms with Gasteiger partial charge in [0.05, 0.1) is 13.0 Å². The van der Waals surface area contributed by atoms with Gasteiger partial charge in [-0.2, -0.15) is 5.06 Å². The zero-order chi connectivity index (χ0) is 28.4. The molecule has 10 heteroatoms. The normalized spacial score (nSPS) is 24.0. The fourth-order valence-corrected chi connectivity index (χ4v) is 6.30. The van der Waals surface area contributed by atoms with Crippen LogP contribution in [0.4, 0.5) is 4.79 Å². The van der Waals surface area contributed by atoms with Gasteiger partial charge < -0.3 is 20.3 Å². The van der Waals surface area contributed by atoms with E-state index in [9.17, 15) is 19.2 Å². The van der Waals surface area contributed by atoms with Gasteiger partial charge in [0.25, 0.3) is 5.91 Å². The van der Waals surface area contributed by atoms with E-state index in [1.54, 1.807) is 4.90 Å². The number of carbonyl (C=O) groups is 4. The maximum absolute atomic E-state index is 13.7. The Hall–Kier alpha value is -3.66. The zero-order valence-corrected chi connectivity index (χ0v) is 23.2. The number of rotatable bonds is 7. The molecule has 2 saturated heterocycles. The van der Waals surface area contributed by atoms with Gasteiger partial charge in [-0.05, 0) is 41.0 Å². The van der Waals surface area contributed by atoms with Crippen LogP contribution in [0.3, 0.4) is 0 Å². The summed E-state index contributed by atoms with van der Waals surface area (Å²) in [6.45, 7) is 4.41. The molecule has 2 aromatic carbocycles. The Morgan fingerprint density at radius 3 is 2.48 bits per heavy atom. The number of primary amides is 1. The average molecular weight is 551 g/mol. The van der Waals surface area contributed by atoms with Gasteiger partial charge >= 0.3 is 6.09 Å². The van der Waals surface area contributed by atoms with Gasteiger partial charge in [-0.25, -0.2) is 4.79 Å². The minimum Gasteiger partial charge on any atom is -0.443 e. The molecule has 1 saturated carbocycles. The molecule has 0 radical (unpaired) electrons. The SMILES string of the molecule is CC(C)[C@H]1C(=O)N(CC2CCCCC2)CC2N(C(=O)OCc3cccc4ccccc34)O[C@H](CC(N)=O)C(=O)N21. The molecule has 1 aliphatic carbocycles. The Kier molecular flexibility index (Phi) is 8.25. The monoisotopic (exact) mass is 550 g/mol. The van der Waals surface area contributed by atoms with Crippen LogP contribution in [0.25, 0.3) is 10.8 Å². The summed E-state index contributed by atoms with van der Waals surface area (Å²) >= 11 is 0. The number of nitrogens with two attached hydrogens (primary N) is 1. The molecular formula is C30H38N4O6. The number of piperazine rings is 1. The first-order valence-corrected chi connectivity index (χ1v) is 14.2. The molecule has 0 spiro atoms. The largest absolute Gasteiger partial charge is 0.443 e. The third kappa shape index (κ3) is 5.63. The summed E-state index contributed by atoms with van der Waals surface area (Å²) in [5.74, 6) is -1.26. The molecule has 214 valence electrons. The first kappa shape index (κ1) is 27.9. The second kappa shape index (κ2) is 11.8. The van der Waals surface area contributed by atoms with Gasteiger partial charge in [-0.15, -0.1) is 0 Å². The van der Waals surface area contributed by atoms with Crippen LogP contribution in [0.15, 0.2) is 42.5 Å². The molecule has 4 amide bonds. The first-order valence-electron chi connectivity index (χ1n) is 14.2. The number of hydroxylamine groups is 2. The topological polar surface area (TPSA) is 122 Å². The molecule has 0 aromatic heterocycles. The van der Waals surface area contributed by atoms with Gasteiger partial charge in [0, 0.05) is 6.54 Å². The minimum absolute atomic E-state index is 0.0144. The summed E-state index contributed by atoms with van der Waals surface area (Å²) in [5.41, 5.74) is 6.23. The van der Waals surface area contributed by atoms with Crippen molar-refractivity contribution in [1.82, 2.24) is 14.9 Å². The summed E-state index contributed by atoms with van der Waals surface area (Å²) in [5, 5.41) is 3.02. The predicted octanol–water partition coefficient (Wildman–Crippen LogP) is 3.57. The number of amides is 4. The van der Waals surface area contributed by atoms with Gasteiger partial charge in [0.15, 0.2) is 12.3 Å². The lowest BCUT2D eigenvalue weighted by atomic mass is 9.88. The molecule has 5 rings (SSSR count). The second-order valence-electron chi connectivity index (χ2n) is 11.4. The highest BCUT2D eigenvalue weighted by Gasteiger charge is 2.54. The summed E-state index contributed by atoms with van der Waals surface area (Å²) in [4.78, 5) is 61.8. The van der Waals surface area contributed by atoms with Gasteiger partial charge in [0.1, 0.15) is 12.6 Å². The molecule has 2 heterocycles. The van der Waals surface area contributed by atoms with Crippen LogP contribution >= 0.6 is 0 Å². The number of carbonyl (C=O) groups excluding carboxylic acids is 4. The van der Waals surface area contributed by atoms with E-state index >= 15 is 0 Å². The van der Waals surface area contributed by atoms with E-state index in [2.05, 4.69) is 0 Å². The fourth-order valence-electron chi connectivity index (χ4n) is 6.30. The van der Waals surface area contributed by atoms with Crippen LogP contribution in [-0.2, 0) is 30.6 Å². The van der Waals surface area contributed by atoms with Crippen LogP contribution in [-0.4, -0.2) is 70.1 Å². The number of benzene rings is 2. The maximum atomic E-state index is 13.7. The van der Waals surface area contributed by atoms with Crippen LogP contribution in [0, 0.1) is 11.8 Å². The van der Waals surface area contributed by atoms with E-state index in [4.69, 9.17) is 15.3 Å². The molecule has 1 unspecified atom stereocenters. The van der Waals surface area contributed by atoms with E-state index in [1.807, 2.05) is 56.3 Å². The third-order valence-corrected chi connectivity index (χ3v) is 8.24. The third-order valence-electron chi connectivity index (χ3n) is 8.24. The molecule has 3 aliphatic rings. The number of fused-ring (bicyclic) bond motifs is 2. The molecular weight excluding hydrogens is 512 g/mol. The van der Waals surface area contributed by atoms with Crippen LogP contribution in [0.1, 0.15) is 57.9 Å². The lowest BCUT2D eigenvalue weighted by Gasteiger charge is -2.53. The molecule has 40 heavy (non-hydrogen) atoms. The van der Waals surface area contributed by atoms with Crippen molar-refractivity contribution >= 4 is 34.6 Å². The predicted molar refractivity (Wildman–Crippen MR) is 147 cm³/mol. The number of nitrogens with zero attached hydrogens (tertiary/aromatic N) is 3. The summed E-state index contributed by atoms with van der Waals surface area (Å²) < 4.78 is 5.73. The Balaban J connectivity index is 1.42. The van der Waals surface area contributed by atoms with Crippen molar-refractivity contribution in [2.24, 2.45) is 17.6 Å². The Bertz CT molecular complexity index is 1270. The Morgan fingerprint density at radius 2 is 1.75 bits per heavy atom. The van der Waals surface area contributed by atoms with Crippen LogP contribution in [0.5, 0.6) is 0 Å². The first-order chi connectivity index (χ1) is 19.2. The molecule has 0 bridgehead atoms. The number of ether oxygens (including phenoxy) is 1. The summed E-state index contributed by atoms with van der Waals surface area (Å²) in [6.07, 6.45) is 2.17. The van der Waals surface area contributed by atoms with E-state index < -0.39 is 42.6 Å². The van der Waals surface area contributed by atoms with E-state index in [-0.39, 0.29) is 25.0 Å². The van der Waals surface area contributed by atoms with Crippen LogP contribution < -0.4 is 5.73 Å². The molecule has 3 atom stereocenters. The highest BCUT2D eigenvalue weighted by Crippen LogP contribution is 2.34.